The fourth-order valence-corrected chi connectivity index (χ4v) is 6.02. The number of hydrogen-bond acceptors (Lipinski definition) is 0. The summed E-state index contributed by atoms with van der Waals surface area (Å²) < 4.78 is 0. The van der Waals surface area contributed by atoms with Crippen LogP contribution in [0.3, 0.4) is 0 Å². The van der Waals surface area contributed by atoms with Gasteiger partial charge in [-0.25, -0.2) is 0 Å². The van der Waals surface area contributed by atoms with Gasteiger partial charge in [-0.05, 0) is 216 Å². The van der Waals surface area contributed by atoms with Crippen LogP contribution in [-0.2, 0) is 0 Å². The molecular formula is C58H82. The molecule has 0 heterocycles. The highest BCUT2D eigenvalue weighted by molar-refractivity contribution is 5.38. The van der Waals surface area contributed by atoms with Crippen molar-refractivity contribution in [1.82, 2.24) is 0 Å². The van der Waals surface area contributed by atoms with E-state index in [-0.39, 0.29) is 0 Å². The summed E-state index contributed by atoms with van der Waals surface area (Å²) in [6, 6.07) is 34.7. The van der Waals surface area contributed by atoms with Crippen LogP contribution >= 0.6 is 0 Å². The van der Waals surface area contributed by atoms with Gasteiger partial charge in [-0.15, -0.1) is 0 Å². The molecule has 0 N–H and O–H groups in total. The van der Waals surface area contributed by atoms with Crippen molar-refractivity contribution >= 4 is 0 Å². The second-order valence-electron chi connectivity index (χ2n) is 16.3. The first kappa shape index (κ1) is 53.3. The van der Waals surface area contributed by atoms with Gasteiger partial charge in [0, 0.05) is 0 Å². The maximum atomic E-state index is 2.22. The SMILES string of the molecule is CC.Cc1cc(C)c(C)c(C)c1.Cc1cc(C)c(C)c(C)c1.Cc1ccc(C)c(C)c1.Cc1ccc(C)c(C)c1.Cc1ccc(C)c(C)c1C.Cc1ccc(C)cc1. The Morgan fingerprint density at radius 1 is 0.172 bits per heavy atom. The van der Waals surface area contributed by atoms with Gasteiger partial charge in [0.05, 0.1) is 0 Å². The molecule has 0 heteroatoms. The summed E-state index contributed by atoms with van der Waals surface area (Å²) in [7, 11) is 0. The van der Waals surface area contributed by atoms with Gasteiger partial charge in [0.25, 0.3) is 0 Å². The van der Waals surface area contributed by atoms with Crippen LogP contribution in [0.1, 0.15) is 125 Å². The third-order valence-electron chi connectivity index (χ3n) is 11.0. The Hall–Kier alpha value is -4.68. The van der Waals surface area contributed by atoms with Gasteiger partial charge in [0.1, 0.15) is 0 Å². The molecule has 6 rings (SSSR count). The lowest BCUT2D eigenvalue weighted by atomic mass is 10.0. The van der Waals surface area contributed by atoms with Gasteiger partial charge in [-0.1, -0.05) is 144 Å². The lowest BCUT2D eigenvalue weighted by Gasteiger charge is -2.06. The molecule has 0 aliphatic heterocycles. The van der Waals surface area contributed by atoms with E-state index in [1.165, 1.54) is 111 Å². The molecule has 0 saturated carbocycles. The van der Waals surface area contributed by atoms with Gasteiger partial charge in [-0.2, -0.15) is 0 Å². The Balaban J connectivity index is 0.000000667. The third kappa shape index (κ3) is 20.1. The lowest BCUT2D eigenvalue weighted by Crippen LogP contribution is -1.88. The fourth-order valence-electron chi connectivity index (χ4n) is 6.02. The van der Waals surface area contributed by atoms with Gasteiger partial charge < -0.3 is 0 Å². The second-order valence-corrected chi connectivity index (χ2v) is 16.3. The van der Waals surface area contributed by atoms with Crippen LogP contribution in [0.5, 0.6) is 0 Å². The Bertz CT molecular complexity index is 1920. The second kappa shape index (κ2) is 27.1. The van der Waals surface area contributed by atoms with E-state index in [0.29, 0.717) is 0 Å². The van der Waals surface area contributed by atoms with Crippen molar-refractivity contribution in [1.29, 1.82) is 0 Å². The van der Waals surface area contributed by atoms with Crippen molar-refractivity contribution in [3.05, 3.63) is 208 Å². The molecule has 0 saturated heterocycles. The van der Waals surface area contributed by atoms with Crippen LogP contribution in [0.15, 0.2) is 97.1 Å². The van der Waals surface area contributed by atoms with Gasteiger partial charge in [0.2, 0.25) is 0 Å². The van der Waals surface area contributed by atoms with Crippen molar-refractivity contribution in [2.24, 2.45) is 0 Å². The first-order chi connectivity index (χ1) is 27.0. The van der Waals surface area contributed by atoms with Crippen molar-refractivity contribution in [3.8, 4) is 0 Å². The van der Waals surface area contributed by atoms with Crippen LogP contribution in [0.25, 0.3) is 0 Å². The van der Waals surface area contributed by atoms with E-state index in [4.69, 9.17) is 0 Å². The number of aryl methyl sites for hydroxylation is 16. The summed E-state index contributed by atoms with van der Waals surface area (Å²) >= 11 is 0. The molecule has 0 aliphatic carbocycles. The van der Waals surface area contributed by atoms with E-state index >= 15 is 0 Å². The summed E-state index contributed by atoms with van der Waals surface area (Å²) in [6.07, 6.45) is 0. The Labute approximate surface area is 359 Å². The van der Waals surface area contributed by atoms with Crippen molar-refractivity contribution in [2.45, 2.75) is 152 Å². The predicted molar refractivity (Wildman–Crippen MR) is 265 cm³/mol. The standard InChI is InChI=1S/3C10H14.2C9H12.C8H10.C2H6/c2*1-7-5-8(2)10(4)9(3)6-7;1-7-5-6-8(2)10(4)9(7)3;2*1-7-4-5-8(2)9(3)6-7;1-7-3-5-8(2)6-4-7;1-2/h3*5-6H,1-4H3;2*4-6H,1-3H3;3-6H,1-2H3;1-2H3. The minimum atomic E-state index is 1.33. The Morgan fingerprint density at radius 2 is 0.379 bits per heavy atom. The van der Waals surface area contributed by atoms with E-state index < -0.39 is 0 Å². The predicted octanol–water partition coefficient (Wildman–Crippen LogP) is 17.3. The van der Waals surface area contributed by atoms with Crippen molar-refractivity contribution in [2.75, 3.05) is 0 Å². The van der Waals surface area contributed by atoms with E-state index in [1.807, 2.05) is 13.8 Å². The van der Waals surface area contributed by atoms with Gasteiger partial charge >= 0.3 is 0 Å². The van der Waals surface area contributed by atoms with Crippen LogP contribution in [0, 0.1) is 138 Å². The highest BCUT2D eigenvalue weighted by Crippen LogP contribution is 2.16. The first-order valence-electron chi connectivity index (χ1n) is 21.3. The van der Waals surface area contributed by atoms with Gasteiger partial charge in [-0.3, -0.25) is 0 Å². The Morgan fingerprint density at radius 3 is 0.603 bits per heavy atom. The molecule has 0 aromatic heterocycles. The van der Waals surface area contributed by atoms with Crippen molar-refractivity contribution < 1.29 is 0 Å². The smallest absolute Gasteiger partial charge is 0.0392 e. The molecule has 0 bridgehead atoms. The number of hydrogen-bond donors (Lipinski definition) is 0. The summed E-state index contributed by atoms with van der Waals surface area (Å²) in [5, 5.41) is 0. The van der Waals surface area contributed by atoms with Crippen LogP contribution < -0.4 is 0 Å². The molecule has 0 unspecified atom stereocenters. The monoisotopic (exact) mass is 779 g/mol. The minimum Gasteiger partial charge on any atom is -0.0683 e. The molecule has 0 amide bonds. The maximum absolute atomic E-state index is 2.22. The lowest BCUT2D eigenvalue weighted by molar-refractivity contribution is 1.22. The number of rotatable bonds is 0. The molecule has 0 aliphatic rings. The highest BCUT2D eigenvalue weighted by Gasteiger charge is 1.99. The third-order valence-corrected chi connectivity index (χ3v) is 11.0. The molecule has 58 heavy (non-hydrogen) atoms. The molecule has 0 nitrogen and oxygen atoms in total. The van der Waals surface area contributed by atoms with Gasteiger partial charge in [0.15, 0.2) is 0 Å². The first-order valence-corrected chi connectivity index (χ1v) is 21.3. The quantitative estimate of drug-likeness (QED) is 0.144. The topological polar surface area (TPSA) is 0 Å². The summed E-state index contributed by atoms with van der Waals surface area (Å²) in [5.74, 6) is 0. The highest BCUT2D eigenvalue weighted by atomic mass is 14.0. The van der Waals surface area contributed by atoms with Crippen molar-refractivity contribution in [3.63, 3.8) is 0 Å². The zero-order valence-electron chi connectivity index (χ0n) is 41.2. The maximum Gasteiger partial charge on any atom is -0.0392 e. The molecular weight excluding hydrogens is 697 g/mol. The number of benzene rings is 6. The summed E-state index contributed by atoms with van der Waals surface area (Å²) in [6.45, 7) is 46.9. The molecule has 0 atom stereocenters. The van der Waals surface area contributed by atoms with E-state index in [2.05, 4.69) is 236 Å². The normalized spacial score (nSPS) is 9.55. The molecule has 6 aromatic carbocycles. The van der Waals surface area contributed by atoms with Crippen LogP contribution in [0.2, 0.25) is 0 Å². The van der Waals surface area contributed by atoms with Crippen LogP contribution in [-0.4, -0.2) is 0 Å². The summed E-state index contributed by atoms with van der Waals surface area (Å²) in [4.78, 5) is 0. The Kier molecular flexibility index (Phi) is 24.9. The average Bonchev–Trinajstić information content (AvgIpc) is 3.17. The molecule has 0 fully saturated rings. The molecule has 314 valence electrons. The molecule has 0 radical (unpaired) electrons. The average molecular weight is 779 g/mol. The van der Waals surface area contributed by atoms with E-state index in [1.54, 1.807) is 0 Å². The van der Waals surface area contributed by atoms with E-state index in [9.17, 15) is 0 Å². The zero-order valence-corrected chi connectivity index (χ0v) is 41.2. The molecule has 0 spiro atoms. The summed E-state index contributed by atoms with van der Waals surface area (Å²) in [5.41, 5.74) is 27.7. The minimum absolute atomic E-state index is 1.33. The molecule has 6 aromatic rings. The van der Waals surface area contributed by atoms with Crippen LogP contribution in [0.4, 0.5) is 0 Å². The zero-order chi connectivity index (χ0) is 44.9. The fraction of sp³-hybridized carbons (Fsp3) is 0.379. The van der Waals surface area contributed by atoms with E-state index in [0.717, 1.165) is 0 Å². The largest absolute Gasteiger partial charge is 0.0683 e.